The van der Waals surface area contributed by atoms with Gasteiger partial charge in [0.1, 0.15) is 12.7 Å². The highest BCUT2D eigenvalue weighted by atomic mass is 35.5. The van der Waals surface area contributed by atoms with Gasteiger partial charge >= 0.3 is 0 Å². The first kappa shape index (κ1) is 10.2. The number of fused-ring (bicyclic) bond motifs is 1. The van der Waals surface area contributed by atoms with E-state index < -0.39 is 0 Å². The van der Waals surface area contributed by atoms with E-state index in [-0.39, 0.29) is 0 Å². The Kier molecular flexibility index (Phi) is 2.49. The molecule has 0 bridgehead atoms. The van der Waals surface area contributed by atoms with Crippen molar-refractivity contribution in [3.8, 4) is 5.82 Å². The Labute approximate surface area is 103 Å². The van der Waals surface area contributed by atoms with Gasteiger partial charge in [-0.05, 0) is 17.7 Å². The van der Waals surface area contributed by atoms with Crippen LogP contribution in [0.15, 0.2) is 43.0 Å². The first-order valence-electron chi connectivity index (χ1n) is 5.18. The molecule has 2 heterocycles. The van der Waals surface area contributed by atoms with Gasteiger partial charge < -0.3 is 0 Å². The SMILES string of the molecule is ClCc1cc(-n2cncn2)nc2ccccc12. The third-order valence-corrected chi connectivity index (χ3v) is 2.87. The summed E-state index contributed by atoms with van der Waals surface area (Å²) in [7, 11) is 0. The fourth-order valence-corrected chi connectivity index (χ4v) is 2.01. The van der Waals surface area contributed by atoms with E-state index in [0.717, 1.165) is 22.3 Å². The molecule has 0 atom stereocenters. The van der Waals surface area contributed by atoms with E-state index >= 15 is 0 Å². The van der Waals surface area contributed by atoms with Crippen LogP contribution in [0.1, 0.15) is 5.56 Å². The fraction of sp³-hybridized carbons (Fsp3) is 0.0833. The lowest BCUT2D eigenvalue weighted by molar-refractivity contribution is 0.849. The van der Waals surface area contributed by atoms with Crippen LogP contribution >= 0.6 is 11.6 Å². The number of pyridine rings is 1. The molecule has 0 aliphatic carbocycles. The second kappa shape index (κ2) is 4.14. The van der Waals surface area contributed by atoms with Crippen molar-refractivity contribution in [3.63, 3.8) is 0 Å². The molecule has 0 fully saturated rings. The number of halogens is 1. The lowest BCUT2D eigenvalue weighted by Gasteiger charge is -2.06. The Morgan fingerprint density at radius 3 is 2.88 bits per heavy atom. The Bertz CT molecular complexity index is 649. The molecule has 2 aromatic heterocycles. The molecule has 0 radical (unpaired) electrons. The number of para-hydroxylation sites is 1. The second-order valence-corrected chi connectivity index (χ2v) is 3.90. The first-order valence-corrected chi connectivity index (χ1v) is 5.71. The van der Waals surface area contributed by atoms with E-state index in [1.807, 2.05) is 30.3 Å². The predicted octanol–water partition coefficient (Wildman–Crippen LogP) is 2.55. The smallest absolute Gasteiger partial charge is 0.156 e. The quantitative estimate of drug-likeness (QED) is 0.651. The molecule has 5 heteroatoms. The van der Waals surface area contributed by atoms with Gasteiger partial charge in [-0.3, -0.25) is 0 Å². The topological polar surface area (TPSA) is 43.6 Å². The van der Waals surface area contributed by atoms with E-state index in [0.29, 0.717) is 5.88 Å². The summed E-state index contributed by atoms with van der Waals surface area (Å²) in [5.74, 6) is 1.18. The molecule has 1 aromatic carbocycles. The summed E-state index contributed by atoms with van der Waals surface area (Å²) in [5.41, 5.74) is 1.96. The monoisotopic (exact) mass is 244 g/mol. The Morgan fingerprint density at radius 1 is 1.24 bits per heavy atom. The summed E-state index contributed by atoms with van der Waals surface area (Å²) < 4.78 is 1.63. The lowest BCUT2D eigenvalue weighted by atomic mass is 10.1. The fourth-order valence-electron chi connectivity index (χ4n) is 1.79. The molecule has 0 amide bonds. The predicted molar refractivity (Wildman–Crippen MR) is 66.2 cm³/mol. The van der Waals surface area contributed by atoms with Crippen LogP contribution < -0.4 is 0 Å². The standard InChI is InChI=1S/C12H9ClN4/c13-6-9-5-12(17-8-14-7-15-17)16-11-4-2-1-3-10(9)11/h1-5,7-8H,6H2. The molecule has 0 spiro atoms. The highest BCUT2D eigenvalue weighted by molar-refractivity contribution is 6.18. The molecule has 3 aromatic rings. The van der Waals surface area contributed by atoms with Gasteiger partial charge in [0.05, 0.1) is 5.52 Å². The van der Waals surface area contributed by atoms with Crippen LogP contribution in [0.2, 0.25) is 0 Å². The van der Waals surface area contributed by atoms with Crippen molar-refractivity contribution in [1.29, 1.82) is 0 Å². The zero-order valence-electron chi connectivity index (χ0n) is 8.92. The molecule has 84 valence electrons. The van der Waals surface area contributed by atoms with Gasteiger partial charge in [0.15, 0.2) is 5.82 Å². The molecule has 0 unspecified atom stereocenters. The maximum absolute atomic E-state index is 5.97. The Morgan fingerprint density at radius 2 is 2.12 bits per heavy atom. The largest absolute Gasteiger partial charge is 0.229 e. The number of hydrogen-bond donors (Lipinski definition) is 0. The van der Waals surface area contributed by atoms with E-state index in [4.69, 9.17) is 11.6 Å². The summed E-state index contributed by atoms with van der Waals surface area (Å²) >= 11 is 5.97. The van der Waals surface area contributed by atoms with Gasteiger partial charge in [-0.2, -0.15) is 5.10 Å². The van der Waals surface area contributed by atoms with Crippen LogP contribution in [-0.4, -0.2) is 19.7 Å². The first-order chi connectivity index (χ1) is 8.38. The maximum Gasteiger partial charge on any atom is 0.156 e. The molecule has 0 aliphatic rings. The average molecular weight is 245 g/mol. The zero-order chi connectivity index (χ0) is 11.7. The van der Waals surface area contributed by atoms with Crippen molar-refractivity contribution in [2.24, 2.45) is 0 Å². The molecular weight excluding hydrogens is 236 g/mol. The van der Waals surface area contributed by atoms with Crippen molar-refractivity contribution >= 4 is 22.5 Å². The normalized spacial score (nSPS) is 10.9. The molecule has 17 heavy (non-hydrogen) atoms. The van der Waals surface area contributed by atoms with Crippen molar-refractivity contribution in [2.75, 3.05) is 0 Å². The lowest BCUT2D eigenvalue weighted by Crippen LogP contribution is -2.00. The molecular formula is C12H9ClN4. The minimum Gasteiger partial charge on any atom is -0.229 e. The van der Waals surface area contributed by atoms with Crippen LogP contribution in [0, 0.1) is 0 Å². The zero-order valence-corrected chi connectivity index (χ0v) is 9.67. The van der Waals surface area contributed by atoms with Gasteiger partial charge in [-0.25, -0.2) is 14.6 Å². The Hall–Kier alpha value is -1.94. The van der Waals surface area contributed by atoms with E-state index in [2.05, 4.69) is 15.1 Å². The number of nitrogens with zero attached hydrogens (tertiary/aromatic N) is 4. The van der Waals surface area contributed by atoms with Crippen LogP contribution in [0.25, 0.3) is 16.7 Å². The maximum atomic E-state index is 5.97. The molecule has 0 saturated heterocycles. The van der Waals surface area contributed by atoms with Crippen LogP contribution in [0.4, 0.5) is 0 Å². The minimum absolute atomic E-state index is 0.449. The second-order valence-electron chi connectivity index (χ2n) is 3.63. The van der Waals surface area contributed by atoms with E-state index in [1.165, 1.54) is 6.33 Å². The molecule has 0 aliphatic heterocycles. The third kappa shape index (κ3) is 1.76. The van der Waals surface area contributed by atoms with Crippen LogP contribution in [-0.2, 0) is 5.88 Å². The van der Waals surface area contributed by atoms with Crippen molar-refractivity contribution in [1.82, 2.24) is 19.7 Å². The molecule has 3 rings (SSSR count). The number of alkyl halides is 1. The highest BCUT2D eigenvalue weighted by Gasteiger charge is 2.06. The molecule has 4 nitrogen and oxygen atoms in total. The average Bonchev–Trinajstić information content (AvgIpc) is 2.91. The van der Waals surface area contributed by atoms with Crippen LogP contribution in [0.5, 0.6) is 0 Å². The van der Waals surface area contributed by atoms with Crippen LogP contribution in [0.3, 0.4) is 0 Å². The third-order valence-electron chi connectivity index (χ3n) is 2.59. The number of rotatable bonds is 2. The van der Waals surface area contributed by atoms with Gasteiger partial charge in [0.2, 0.25) is 0 Å². The van der Waals surface area contributed by atoms with Crippen molar-refractivity contribution in [3.05, 3.63) is 48.5 Å². The Balaban J connectivity index is 2.28. The van der Waals surface area contributed by atoms with Gasteiger partial charge in [-0.1, -0.05) is 18.2 Å². The summed E-state index contributed by atoms with van der Waals surface area (Å²) in [6.07, 6.45) is 3.10. The van der Waals surface area contributed by atoms with Crippen molar-refractivity contribution < 1.29 is 0 Å². The summed E-state index contributed by atoms with van der Waals surface area (Å²) in [5, 5.41) is 5.14. The molecule has 0 saturated carbocycles. The summed E-state index contributed by atoms with van der Waals surface area (Å²) in [4.78, 5) is 8.44. The highest BCUT2D eigenvalue weighted by Crippen LogP contribution is 2.21. The summed E-state index contributed by atoms with van der Waals surface area (Å²) in [6.45, 7) is 0. The van der Waals surface area contributed by atoms with E-state index in [9.17, 15) is 0 Å². The van der Waals surface area contributed by atoms with Gasteiger partial charge in [-0.15, -0.1) is 11.6 Å². The number of benzene rings is 1. The number of hydrogen-bond acceptors (Lipinski definition) is 3. The minimum atomic E-state index is 0.449. The van der Waals surface area contributed by atoms with Gasteiger partial charge in [0, 0.05) is 11.3 Å². The van der Waals surface area contributed by atoms with Crippen molar-refractivity contribution in [2.45, 2.75) is 5.88 Å². The summed E-state index contributed by atoms with van der Waals surface area (Å²) in [6, 6.07) is 9.86. The number of aromatic nitrogens is 4. The van der Waals surface area contributed by atoms with Gasteiger partial charge in [0.25, 0.3) is 0 Å². The molecule has 0 N–H and O–H groups in total. The van der Waals surface area contributed by atoms with E-state index in [1.54, 1.807) is 11.0 Å².